The number of fused-ring (bicyclic) bond motifs is 2. The third-order valence-corrected chi connectivity index (χ3v) is 7.13. The molecule has 180 valence electrons. The minimum atomic E-state index is -0.132. The van der Waals surface area contributed by atoms with Crippen LogP contribution in [0, 0.1) is 0 Å². The number of thioether (sulfide) groups is 1. The topological polar surface area (TPSA) is 76.5 Å². The number of rotatable bonds is 8. The van der Waals surface area contributed by atoms with Crippen LogP contribution in [0.1, 0.15) is 6.42 Å². The number of amides is 1. The first-order chi connectivity index (χ1) is 17.2. The zero-order valence-corrected chi connectivity index (χ0v) is 20.3. The second kappa shape index (κ2) is 11.0. The average molecular weight is 489 g/mol. The number of nitrogens with zero attached hydrogens (tertiary/aromatic N) is 3. The van der Waals surface area contributed by atoms with Crippen molar-refractivity contribution in [3.63, 3.8) is 0 Å². The van der Waals surface area contributed by atoms with E-state index < -0.39 is 0 Å². The second-order valence-corrected chi connectivity index (χ2v) is 9.52. The summed E-state index contributed by atoms with van der Waals surface area (Å²) in [6.07, 6.45) is 0.830. The molecule has 0 atom stereocenters. The van der Waals surface area contributed by atoms with Crippen molar-refractivity contribution in [2.45, 2.75) is 18.1 Å². The SMILES string of the molecule is O=C(CSc1nc2ccccc2c(=O)n1CCCN1CCOCC1)Nc1ccc2ccccc2c1. The first-order valence-electron chi connectivity index (χ1n) is 11.9. The lowest BCUT2D eigenvalue weighted by Gasteiger charge is -2.26. The molecule has 1 N–H and O–H groups in total. The lowest BCUT2D eigenvalue weighted by molar-refractivity contribution is -0.113. The number of nitrogens with one attached hydrogen (secondary N) is 1. The number of aromatic nitrogens is 2. The number of benzene rings is 3. The first-order valence-corrected chi connectivity index (χ1v) is 12.9. The maximum atomic E-state index is 13.3. The molecular formula is C27H28N4O3S. The third kappa shape index (κ3) is 5.73. The molecule has 0 radical (unpaired) electrons. The monoisotopic (exact) mass is 488 g/mol. The number of anilines is 1. The summed E-state index contributed by atoms with van der Waals surface area (Å²) >= 11 is 1.30. The van der Waals surface area contributed by atoms with Crippen LogP contribution in [0.15, 0.2) is 76.7 Å². The van der Waals surface area contributed by atoms with Crippen LogP contribution in [0.25, 0.3) is 21.7 Å². The van der Waals surface area contributed by atoms with E-state index in [2.05, 4.69) is 10.2 Å². The molecule has 0 saturated carbocycles. The van der Waals surface area contributed by atoms with Crippen molar-refractivity contribution in [3.05, 3.63) is 77.1 Å². The van der Waals surface area contributed by atoms with Crippen LogP contribution in [-0.2, 0) is 16.1 Å². The van der Waals surface area contributed by atoms with Gasteiger partial charge >= 0.3 is 0 Å². The summed E-state index contributed by atoms with van der Waals surface area (Å²) in [5.74, 6) is 0.0358. The number of carbonyl (C=O) groups is 1. The van der Waals surface area contributed by atoms with Crippen molar-refractivity contribution in [2.75, 3.05) is 43.9 Å². The number of hydrogen-bond donors (Lipinski definition) is 1. The van der Waals surface area contributed by atoms with Crippen molar-refractivity contribution in [3.8, 4) is 0 Å². The van der Waals surface area contributed by atoms with E-state index in [1.54, 1.807) is 4.57 Å². The normalized spacial score (nSPS) is 14.4. The lowest BCUT2D eigenvalue weighted by atomic mass is 10.1. The molecule has 0 unspecified atom stereocenters. The summed E-state index contributed by atoms with van der Waals surface area (Å²) in [7, 11) is 0. The Morgan fingerprint density at radius 1 is 0.971 bits per heavy atom. The minimum absolute atomic E-state index is 0.0602. The van der Waals surface area contributed by atoms with Crippen LogP contribution in [-0.4, -0.2) is 59.0 Å². The molecule has 0 aliphatic carbocycles. The zero-order valence-electron chi connectivity index (χ0n) is 19.5. The Hall–Kier alpha value is -3.20. The Labute approximate surface area is 208 Å². The Morgan fingerprint density at radius 3 is 2.60 bits per heavy atom. The van der Waals surface area contributed by atoms with Gasteiger partial charge in [0.25, 0.3) is 5.56 Å². The van der Waals surface area contributed by atoms with Gasteiger partial charge in [-0.1, -0.05) is 54.2 Å². The first kappa shape index (κ1) is 23.5. The number of carbonyl (C=O) groups excluding carboxylic acids is 1. The van der Waals surface area contributed by atoms with Crippen LogP contribution in [0.5, 0.6) is 0 Å². The Balaban J connectivity index is 1.29. The molecule has 5 rings (SSSR count). The maximum absolute atomic E-state index is 13.3. The smallest absolute Gasteiger partial charge is 0.262 e. The van der Waals surface area contributed by atoms with E-state index in [0.717, 1.165) is 55.7 Å². The van der Waals surface area contributed by atoms with Crippen LogP contribution >= 0.6 is 11.8 Å². The molecule has 2 heterocycles. The molecule has 1 aromatic heterocycles. The molecule has 1 saturated heterocycles. The highest BCUT2D eigenvalue weighted by Gasteiger charge is 2.15. The highest BCUT2D eigenvalue weighted by atomic mass is 32.2. The number of hydrogen-bond acceptors (Lipinski definition) is 6. The van der Waals surface area contributed by atoms with Crippen LogP contribution < -0.4 is 10.9 Å². The van der Waals surface area contributed by atoms with Crippen molar-refractivity contribution >= 4 is 45.0 Å². The van der Waals surface area contributed by atoms with Gasteiger partial charge in [0.2, 0.25) is 5.91 Å². The van der Waals surface area contributed by atoms with Crippen molar-refractivity contribution in [2.24, 2.45) is 0 Å². The van der Waals surface area contributed by atoms with Gasteiger partial charge in [-0.25, -0.2) is 4.98 Å². The molecular weight excluding hydrogens is 460 g/mol. The summed E-state index contributed by atoms with van der Waals surface area (Å²) < 4.78 is 7.14. The number of morpholine rings is 1. The predicted octanol–water partition coefficient (Wildman–Crippen LogP) is 4.00. The van der Waals surface area contributed by atoms with Gasteiger partial charge in [0.15, 0.2) is 5.16 Å². The molecule has 8 heteroatoms. The summed E-state index contributed by atoms with van der Waals surface area (Å²) in [5, 5.41) is 6.34. The standard InChI is InChI=1S/C27H28N4O3S/c32-25(28-22-11-10-20-6-1-2-7-21(20)18-22)19-35-27-29-24-9-4-3-8-23(24)26(33)31(27)13-5-12-30-14-16-34-17-15-30/h1-4,6-11,18H,5,12-17,19H2,(H,28,32). The minimum Gasteiger partial charge on any atom is -0.379 e. The van der Waals surface area contributed by atoms with Gasteiger partial charge in [0.1, 0.15) is 0 Å². The number of ether oxygens (including phenoxy) is 1. The zero-order chi connectivity index (χ0) is 24.0. The third-order valence-electron chi connectivity index (χ3n) is 6.15. The average Bonchev–Trinajstić information content (AvgIpc) is 2.89. The lowest BCUT2D eigenvalue weighted by Crippen LogP contribution is -2.37. The molecule has 7 nitrogen and oxygen atoms in total. The largest absolute Gasteiger partial charge is 0.379 e. The highest BCUT2D eigenvalue weighted by Crippen LogP contribution is 2.21. The van der Waals surface area contributed by atoms with Crippen molar-refractivity contribution in [1.29, 1.82) is 0 Å². The van der Waals surface area contributed by atoms with E-state index in [1.165, 1.54) is 11.8 Å². The van der Waals surface area contributed by atoms with Gasteiger partial charge in [-0.15, -0.1) is 0 Å². The van der Waals surface area contributed by atoms with E-state index >= 15 is 0 Å². The van der Waals surface area contributed by atoms with E-state index in [4.69, 9.17) is 9.72 Å². The summed E-state index contributed by atoms with van der Waals surface area (Å²) in [5.41, 5.74) is 1.35. The van der Waals surface area contributed by atoms with Gasteiger partial charge in [-0.05, 0) is 41.5 Å². The van der Waals surface area contributed by atoms with Gasteiger partial charge in [0.05, 0.1) is 29.9 Å². The Kier molecular flexibility index (Phi) is 7.42. The fourth-order valence-corrected chi connectivity index (χ4v) is 5.15. The molecule has 4 aromatic rings. The Morgan fingerprint density at radius 2 is 1.74 bits per heavy atom. The molecule has 1 aliphatic heterocycles. The van der Waals surface area contributed by atoms with Gasteiger partial charge in [-0.2, -0.15) is 0 Å². The van der Waals surface area contributed by atoms with Crippen molar-refractivity contribution in [1.82, 2.24) is 14.5 Å². The van der Waals surface area contributed by atoms with E-state index in [9.17, 15) is 9.59 Å². The molecule has 0 spiro atoms. The molecule has 1 amide bonds. The number of para-hydroxylation sites is 1. The summed E-state index contributed by atoms with van der Waals surface area (Å²) in [6.45, 7) is 4.80. The predicted molar refractivity (Wildman–Crippen MR) is 141 cm³/mol. The van der Waals surface area contributed by atoms with Crippen LogP contribution in [0.2, 0.25) is 0 Å². The molecule has 1 fully saturated rings. The van der Waals surface area contributed by atoms with Gasteiger partial charge < -0.3 is 10.1 Å². The maximum Gasteiger partial charge on any atom is 0.262 e. The summed E-state index contributed by atoms with van der Waals surface area (Å²) in [4.78, 5) is 33.1. The molecule has 35 heavy (non-hydrogen) atoms. The Bertz CT molecular complexity index is 1400. The fraction of sp³-hybridized carbons (Fsp3) is 0.296. The molecule has 1 aliphatic rings. The quantitative estimate of drug-likeness (QED) is 0.298. The second-order valence-electron chi connectivity index (χ2n) is 8.57. The highest BCUT2D eigenvalue weighted by molar-refractivity contribution is 7.99. The molecule has 0 bridgehead atoms. The van der Waals surface area contributed by atoms with Crippen LogP contribution in [0.4, 0.5) is 5.69 Å². The van der Waals surface area contributed by atoms with Gasteiger partial charge in [-0.3, -0.25) is 19.1 Å². The van der Waals surface area contributed by atoms with E-state index in [1.807, 2.05) is 66.7 Å². The van der Waals surface area contributed by atoms with Crippen LogP contribution in [0.3, 0.4) is 0 Å². The summed E-state index contributed by atoms with van der Waals surface area (Å²) in [6, 6.07) is 21.3. The fourth-order valence-electron chi connectivity index (χ4n) is 4.33. The van der Waals surface area contributed by atoms with E-state index in [-0.39, 0.29) is 17.2 Å². The van der Waals surface area contributed by atoms with Crippen molar-refractivity contribution < 1.29 is 9.53 Å². The van der Waals surface area contributed by atoms with Gasteiger partial charge in [0, 0.05) is 31.9 Å². The molecule has 3 aromatic carbocycles. The van der Waals surface area contributed by atoms with E-state index in [0.29, 0.717) is 22.6 Å².